The van der Waals surface area contributed by atoms with Crippen molar-refractivity contribution in [2.75, 3.05) is 5.33 Å². The van der Waals surface area contributed by atoms with E-state index >= 15 is 0 Å². The molecule has 0 spiro atoms. The van der Waals surface area contributed by atoms with E-state index in [4.69, 9.17) is 0 Å². The summed E-state index contributed by atoms with van der Waals surface area (Å²) in [5.74, 6) is 3.35. The van der Waals surface area contributed by atoms with E-state index in [1.807, 2.05) is 0 Å². The maximum atomic E-state index is 3.47. The Morgan fingerprint density at radius 3 is 1.71 bits per heavy atom. The molecule has 0 saturated heterocycles. The monoisotopic (exact) mass is 316 g/mol. The van der Waals surface area contributed by atoms with E-state index in [0.29, 0.717) is 0 Å². The third-order valence-corrected chi connectivity index (χ3v) is 4.14. The molecule has 17 heavy (non-hydrogen) atoms. The van der Waals surface area contributed by atoms with Gasteiger partial charge in [-0.3, -0.25) is 0 Å². The second kappa shape index (κ2) is 11.4. The Morgan fingerprint density at radius 1 is 0.765 bits per heavy atom. The van der Waals surface area contributed by atoms with Crippen molar-refractivity contribution in [1.82, 2.24) is 0 Å². The highest BCUT2D eigenvalue weighted by Crippen LogP contribution is 2.10. The average Bonchev–Trinajstić information content (AvgIpc) is 2.24. The fourth-order valence-electron chi connectivity index (χ4n) is 1.70. The van der Waals surface area contributed by atoms with Gasteiger partial charge in [-0.15, -0.1) is 11.5 Å². The van der Waals surface area contributed by atoms with Crippen molar-refractivity contribution >= 4 is 24.0 Å². The molecule has 0 atom stereocenters. The molecule has 2 heteroatoms. The summed E-state index contributed by atoms with van der Waals surface area (Å²) in [5.41, 5.74) is 3.43. The van der Waals surface area contributed by atoms with Crippen molar-refractivity contribution < 1.29 is 0 Å². The molecule has 0 radical (unpaired) electrons. The topological polar surface area (TPSA) is 0 Å². The number of halogens is 1. The van der Waals surface area contributed by atoms with Gasteiger partial charge in [-0.05, 0) is 12.8 Å². The third kappa shape index (κ3) is 16.3. The van der Waals surface area contributed by atoms with Crippen LogP contribution in [-0.4, -0.2) is 13.4 Å². The first-order valence-corrected chi connectivity index (χ1v) is 11.7. The van der Waals surface area contributed by atoms with Crippen molar-refractivity contribution in [2.45, 2.75) is 77.4 Å². The summed E-state index contributed by atoms with van der Waals surface area (Å²) in [4.78, 5) is 0. The molecule has 0 saturated carbocycles. The second-order valence-electron chi connectivity index (χ2n) is 5.82. The molecule has 0 fully saturated rings. The molecule has 0 unspecified atom stereocenters. The zero-order valence-electron chi connectivity index (χ0n) is 11.9. The summed E-state index contributed by atoms with van der Waals surface area (Å²) >= 11 is 3.47. The maximum absolute atomic E-state index is 3.47. The lowest BCUT2D eigenvalue weighted by molar-refractivity contribution is 0.580. The summed E-state index contributed by atoms with van der Waals surface area (Å²) in [7, 11) is -1.12. The summed E-state index contributed by atoms with van der Waals surface area (Å²) in [6, 6.07) is 0. The Morgan fingerprint density at radius 2 is 1.24 bits per heavy atom. The van der Waals surface area contributed by atoms with Gasteiger partial charge < -0.3 is 0 Å². The van der Waals surface area contributed by atoms with Gasteiger partial charge in [0, 0.05) is 11.8 Å². The minimum atomic E-state index is -1.12. The maximum Gasteiger partial charge on any atom is 0.129 e. The van der Waals surface area contributed by atoms with Gasteiger partial charge in [0.25, 0.3) is 0 Å². The molecular weight excluding hydrogens is 288 g/mol. The Kier molecular flexibility index (Phi) is 11.5. The molecule has 0 aromatic carbocycles. The van der Waals surface area contributed by atoms with Crippen LogP contribution in [0.5, 0.6) is 0 Å². The standard InChI is InChI=1S/C15H29BrSi/c1-17(2,3)15-13-11-9-7-5-4-6-8-10-12-14-16/h4-12,14H2,1-3H3. The second-order valence-corrected chi connectivity index (χ2v) is 11.4. The van der Waals surface area contributed by atoms with Crippen LogP contribution in [0.3, 0.4) is 0 Å². The van der Waals surface area contributed by atoms with Gasteiger partial charge in [-0.1, -0.05) is 74.1 Å². The van der Waals surface area contributed by atoms with Crippen LogP contribution in [0.25, 0.3) is 0 Å². The van der Waals surface area contributed by atoms with Crippen LogP contribution in [0.1, 0.15) is 57.8 Å². The highest BCUT2D eigenvalue weighted by molar-refractivity contribution is 9.09. The van der Waals surface area contributed by atoms with Gasteiger partial charge in [-0.2, -0.15) is 0 Å². The lowest BCUT2D eigenvalue weighted by Gasteiger charge is -2.03. The summed E-state index contributed by atoms with van der Waals surface area (Å²) in [6.45, 7) is 6.94. The molecule has 0 bridgehead atoms. The van der Waals surface area contributed by atoms with Gasteiger partial charge >= 0.3 is 0 Å². The van der Waals surface area contributed by atoms with E-state index in [9.17, 15) is 0 Å². The number of alkyl halides is 1. The molecule has 100 valence electrons. The Labute approximate surface area is 118 Å². The van der Waals surface area contributed by atoms with Crippen LogP contribution < -0.4 is 0 Å². The summed E-state index contributed by atoms with van der Waals surface area (Å²) < 4.78 is 0. The van der Waals surface area contributed by atoms with E-state index in [1.165, 1.54) is 56.7 Å². The quantitative estimate of drug-likeness (QED) is 0.219. The average molecular weight is 317 g/mol. The molecule has 0 nitrogen and oxygen atoms in total. The van der Waals surface area contributed by atoms with Gasteiger partial charge in [0.05, 0.1) is 0 Å². The predicted octanol–water partition coefficient (Wildman–Crippen LogP) is 5.77. The largest absolute Gasteiger partial charge is 0.132 e. The Bertz CT molecular complexity index is 219. The van der Waals surface area contributed by atoms with Crippen LogP contribution >= 0.6 is 15.9 Å². The minimum Gasteiger partial charge on any atom is -0.132 e. The highest BCUT2D eigenvalue weighted by Gasteiger charge is 2.06. The minimum absolute atomic E-state index is 1.12. The van der Waals surface area contributed by atoms with Crippen molar-refractivity contribution in [3.63, 3.8) is 0 Å². The van der Waals surface area contributed by atoms with Gasteiger partial charge in [0.1, 0.15) is 8.07 Å². The number of rotatable bonds is 9. The molecule has 0 N–H and O–H groups in total. The van der Waals surface area contributed by atoms with Crippen molar-refractivity contribution in [2.24, 2.45) is 0 Å². The number of hydrogen-bond acceptors (Lipinski definition) is 0. The van der Waals surface area contributed by atoms with Crippen LogP contribution in [-0.2, 0) is 0 Å². The fraction of sp³-hybridized carbons (Fsp3) is 0.867. The van der Waals surface area contributed by atoms with E-state index in [0.717, 1.165) is 6.42 Å². The molecule has 0 aliphatic heterocycles. The fourth-order valence-corrected chi connectivity index (χ4v) is 2.75. The van der Waals surface area contributed by atoms with E-state index in [1.54, 1.807) is 0 Å². The molecule has 0 amide bonds. The van der Waals surface area contributed by atoms with Gasteiger partial charge in [-0.25, -0.2) is 0 Å². The normalized spacial score (nSPS) is 11.1. The number of hydrogen-bond donors (Lipinski definition) is 0. The first-order chi connectivity index (χ1) is 8.06. The van der Waals surface area contributed by atoms with E-state index < -0.39 is 8.07 Å². The summed E-state index contributed by atoms with van der Waals surface area (Å²) in [5, 5.41) is 1.17. The van der Waals surface area contributed by atoms with Gasteiger partial charge in [0.2, 0.25) is 0 Å². The van der Waals surface area contributed by atoms with E-state index in [2.05, 4.69) is 47.0 Å². The predicted molar refractivity (Wildman–Crippen MR) is 86.5 cm³/mol. The van der Waals surface area contributed by atoms with Gasteiger partial charge in [0.15, 0.2) is 0 Å². The van der Waals surface area contributed by atoms with Crippen LogP contribution in [0.4, 0.5) is 0 Å². The molecule has 0 aliphatic carbocycles. The first-order valence-electron chi connectivity index (χ1n) is 7.12. The zero-order chi connectivity index (χ0) is 13.0. The molecule has 0 aliphatic rings. The zero-order valence-corrected chi connectivity index (χ0v) is 14.5. The lowest BCUT2D eigenvalue weighted by atomic mass is 10.1. The molecular formula is C15H29BrSi. The molecule has 0 heterocycles. The van der Waals surface area contributed by atoms with Crippen LogP contribution in [0.2, 0.25) is 19.6 Å². The first kappa shape index (κ1) is 17.3. The van der Waals surface area contributed by atoms with Crippen molar-refractivity contribution in [3.05, 3.63) is 0 Å². The Hall–Kier alpha value is 0.257. The van der Waals surface area contributed by atoms with Crippen LogP contribution in [0.15, 0.2) is 0 Å². The smallest absolute Gasteiger partial charge is 0.129 e. The SMILES string of the molecule is C[Si](C)(C)C#CCCCCCCCCCCBr. The lowest BCUT2D eigenvalue weighted by Crippen LogP contribution is -2.16. The third-order valence-electron chi connectivity index (χ3n) is 2.65. The summed E-state index contributed by atoms with van der Waals surface area (Å²) in [6.07, 6.45) is 12.2. The van der Waals surface area contributed by atoms with Crippen molar-refractivity contribution in [3.8, 4) is 11.5 Å². The molecule has 0 rings (SSSR count). The Balaban J connectivity index is 3.16. The van der Waals surface area contributed by atoms with E-state index in [-0.39, 0.29) is 0 Å². The molecule has 0 aromatic heterocycles. The molecule has 0 aromatic rings. The van der Waals surface area contributed by atoms with Crippen LogP contribution in [0, 0.1) is 11.5 Å². The highest BCUT2D eigenvalue weighted by atomic mass is 79.9. The number of unbranched alkanes of at least 4 members (excludes halogenated alkanes) is 8. The van der Waals surface area contributed by atoms with Crippen molar-refractivity contribution in [1.29, 1.82) is 0 Å².